The van der Waals surface area contributed by atoms with Gasteiger partial charge in [0, 0.05) is 29.9 Å². The van der Waals surface area contributed by atoms with E-state index in [1.54, 1.807) is 10.9 Å². The molecule has 0 amide bonds. The fourth-order valence-corrected chi connectivity index (χ4v) is 4.85. The summed E-state index contributed by atoms with van der Waals surface area (Å²) in [7, 11) is 0. The Morgan fingerprint density at radius 1 is 1.24 bits per heavy atom. The number of nitrogens with zero attached hydrogens (tertiary/aromatic N) is 7. The molecule has 11 nitrogen and oxygen atoms in total. The van der Waals surface area contributed by atoms with Crippen molar-refractivity contribution < 1.29 is 4.74 Å². The minimum Gasteiger partial charge on any atom is -0.382 e. The number of rotatable bonds is 4. The fraction of sp³-hybridized carbons (Fsp3) is 0.455. The molecule has 0 bridgehead atoms. The maximum absolute atomic E-state index is 6.45. The van der Waals surface area contributed by atoms with Gasteiger partial charge < -0.3 is 20.7 Å². The summed E-state index contributed by atoms with van der Waals surface area (Å²) in [5.74, 6) is 2.02. The molecule has 1 atom stereocenters. The maximum Gasteiger partial charge on any atom is 0.169 e. The van der Waals surface area contributed by atoms with E-state index in [1.807, 2.05) is 12.3 Å². The summed E-state index contributed by atoms with van der Waals surface area (Å²) in [4.78, 5) is 7.30. The smallest absolute Gasteiger partial charge is 0.169 e. The SMILES string of the molecule is C[C@@H]1COCCN1c1cc(-c2cnn(C3CCNCC3)c2)c2c(N)nn(-c3ccn[nH]3)c2n1. The average molecular weight is 449 g/mol. The Balaban J connectivity index is 1.52. The Kier molecular flexibility index (Phi) is 4.99. The molecule has 4 aromatic rings. The standard InChI is InChI=1S/C22H28N10O/c1-14-13-33-9-8-30(14)19-10-17(15-11-26-31(12-15)16-2-5-24-6-3-16)20-21(23)29-32(22(20)27-19)18-4-7-25-28-18/h4,7,10-12,14,16,24H,2-3,5-6,8-9,13H2,1H3,(H2,23,29)(H,25,28)/t14-/m1/s1. The molecule has 0 radical (unpaired) electrons. The molecule has 172 valence electrons. The van der Waals surface area contributed by atoms with Crippen LogP contribution in [0, 0.1) is 0 Å². The molecule has 4 aromatic heterocycles. The van der Waals surface area contributed by atoms with Crippen LogP contribution in [0.25, 0.3) is 28.0 Å². The van der Waals surface area contributed by atoms with Crippen LogP contribution < -0.4 is 16.0 Å². The van der Waals surface area contributed by atoms with Gasteiger partial charge in [-0.2, -0.15) is 14.9 Å². The molecule has 2 fully saturated rings. The molecule has 2 aliphatic rings. The number of nitrogens with two attached hydrogens (primary N) is 1. The normalized spacial score (nSPS) is 20.0. The molecule has 0 aromatic carbocycles. The molecule has 0 aliphatic carbocycles. The number of anilines is 2. The second kappa shape index (κ2) is 8.16. The lowest BCUT2D eigenvalue weighted by Crippen LogP contribution is -2.44. The summed E-state index contributed by atoms with van der Waals surface area (Å²) in [6.07, 6.45) is 7.89. The van der Waals surface area contributed by atoms with Gasteiger partial charge in [-0.25, -0.2) is 4.98 Å². The van der Waals surface area contributed by atoms with Crippen LogP contribution in [0.1, 0.15) is 25.8 Å². The minimum absolute atomic E-state index is 0.217. The van der Waals surface area contributed by atoms with Crippen LogP contribution in [-0.4, -0.2) is 73.6 Å². The van der Waals surface area contributed by atoms with E-state index in [1.165, 1.54) is 0 Å². The second-order valence-corrected chi connectivity index (χ2v) is 8.77. The zero-order valence-corrected chi connectivity index (χ0v) is 18.6. The number of pyridine rings is 1. The third-order valence-electron chi connectivity index (χ3n) is 6.62. The summed E-state index contributed by atoms with van der Waals surface area (Å²) in [5, 5.41) is 20.6. The first-order chi connectivity index (χ1) is 16.2. The molecule has 2 saturated heterocycles. The highest BCUT2D eigenvalue weighted by molar-refractivity contribution is 6.01. The number of aromatic nitrogens is 7. The van der Waals surface area contributed by atoms with E-state index >= 15 is 0 Å². The van der Waals surface area contributed by atoms with Crippen molar-refractivity contribution in [1.82, 2.24) is 40.1 Å². The Labute approximate surface area is 190 Å². The van der Waals surface area contributed by atoms with Crippen molar-refractivity contribution in [3.05, 3.63) is 30.7 Å². The third kappa shape index (κ3) is 3.53. The molecule has 6 rings (SSSR count). The third-order valence-corrected chi connectivity index (χ3v) is 6.62. The number of H-pyrrole nitrogens is 1. The van der Waals surface area contributed by atoms with Gasteiger partial charge >= 0.3 is 0 Å². The molecular weight excluding hydrogens is 420 g/mol. The summed E-state index contributed by atoms with van der Waals surface area (Å²) in [6, 6.07) is 4.59. The zero-order chi connectivity index (χ0) is 22.4. The van der Waals surface area contributed by atoms with Gasteiger partial charge in [0.25, 0.3) is 0 Å². The zero-order valence-electron chi connectivity index (χ0n) is 18.6. The van der Waals surface area contributed by atoms with E-state index in [0.29, 0.717) is 36.5 Å². The first kappa shape index (κ1) is 20.2. The van der Waals surface area contributed by atoms with Crippen molar-refractivity contribution in [2.75, 3.05) is 43.5 Å². The van der Waals surface area contributed by atoms with Crippen LogP contribution in [0.15, 0.2) is 30.7 Å². The van der Waals surface area contributed by atoms with Crippen LogP contribution >= 0.6 is 0 Å². The molecule has 2 aliphatic heterocycles. The van der Waals surface area contributed by atoms with E-state index in [4.69, 9.17) is 20.6 Å². The maximum atomic E-state index is 6.45. The van der Waals surface area contributed by atoms with Crippen LogP contribution in [0.2, 0.25) is 0 Å². The van der Waals surface area contributed by atoms with Gasteiger partial charge in [0.05, 0.1) is 43.1 Å². The number of nitrogen functional groups attached to an aromatic ring is 1. The van der Waals surface area contributed by atoms with Crippen LogP contribution in [0.5, 0.6) is 0 Å². The summed E-state index contributed by atoms with van der Waals surface area (Å²) >= 11 is 0. The van der Waals surface area contributed by atoms with Crippen molar-refractivity contribution in [2.24, 2.45) is 0 Å². The van der Waals surface area contributed by atoms with E-state index in [2.05, 4.69) is 49.4 Å². The quantitative estimate of drug-likeness (QED) is 0.431. The Morgan fingerprint density at radius 2 is 2.12 bits per heavy atom. The second-order valence-electron chi connectivity index (χ2n) is 8.77. The Morgan fingerprint density at radius 3 is 2.91 bits per heavy atom. The number of hydrogen-bond acceptors (Lipinski definition) is 8. The first-order valence-corrected chi connectivity index (χ1v) is 11.5. The molecule has 11 heteroatoms. The van der Waals surface area contributed by atoms with Crippen LogP contribution in [-0.2, 0) is 4.74 Å². The number of ether oxygens (including phenoxy) is 1. The van der Waals surface area contributed by atoms with Gasteiger partial charge in [-0.3, -0.25) is 9.78 Å². The molecule has 0 spiro atoms. The highest BCUT2D eigenvalue weighted by atomic mass is 16.5. The van der Waals surface area contributed by atoms with Crippen molar-refractivity contribution >= 4 is 22.7 Å². The molecule has 4 N–H and O–H groups in total. The highest BCUT2D eigenvalue weighted by Gasteiger charge is 2.26. The van der Waals surface area contributed by atoms with Gasteiger partial charge in [0.1, 0.15) is 5.82 Å². The Hall–Kier alpha value is -3.44. The van der Waals surface area contributed by atoms with Crippen LogP contribution in [0.4, 0.5) is 11.6 Å². The lowest BCUT2D eigenvalue weighted by atomic mass is 10.1. The lowest BCUT2D eigenvalue weighted by Gasteiger charge is -2.34. The number of piperidine rings is 1. The van der Waals surface area contributed by atoms with E-state index < -0.39 is 0 Å². The van der Waals surface area contributed by atoms with Crippen LogP contribution in [0.3, 0.4) is 0 Å². The number of fused-ring (bicyclic) bond motifs is 1. The summed E-state index contributed by atoms with van der Waals surface area (Å²) < 4.78 is 9.48. The minimum atomic E-state index is 0.217. The topological polar surface area (TPSA) is 128 Å². The highest BCUT2D eigenvalue weighted by Crippen LogP contribution is 2.36. The number of morpholine rings is 1. The molecule has 0 saturated carbocycles. The molecular formula is C22H28N10O. The van der Waals surface area contributed by atoms with Gasteiger partial charge in [0.15, 0.2) is 17.3 Å². The lowest BCUT2D eigenvalue weighted by molar-refractivity contribution is 0.0986. The number of nitrogens with one attached hydrogen (secondary N) is 2. The largest absolute Gasteiger partial charge is 0.382 e. The van der Waals surface area contributed by atoms with Gasteiger partial charge in [-0.1, -0.05) is 0 Å². The number of hydrogen-bond donors (Lipinski definition) is 3. The molecule has 6 heterocycles. The van der Waals surface area contributed by atoms with Gasteiger partial charge in [-0.15, -0.1) is 5.10 Å². The summed E-state index contributed by atoms with van der Waals surface area (Å²) in [5.41, 5.74) is 9.14. The monoisotopic (exact) mass is 448 g/mol. The van der Waals surface area contributed by atoms with Gasteiger partial charge in [0.2, 0.25) is 0 Å². The molecule has 0 unspecified atom stereocenters. The fourth-order valence-electron chi connectivity index (χ4n) is 4.85. The predicted molar refractivity (Wildman–Crippen MR) is 125 cm³/mol. The first-order valence-electron chi connectivity index (χ1n) is 11.5. The van der Waals surface area contributed by atoms with E-state index in [9.17, 15) is 0 Å². The average Bonchev–Trinajstić information content (AvgIpc) is 3.60. The van der Waals surface area contributed by atoms with Gasteiger partial charge in [-0.05, 0) is 38.9 Å². The van der Waals surface area contributed by atoms with E-state index in [-0.39, 0.29) is 6.04 Å². The molecule has 33 heavy (non-hydrogen) atoms. The van der Waals surface area contributed by atoms with Crippen molar-refractivity contribution in [3.8, 4) is 16.9 Å². The summed E-state index contributed by atoms with van der Waals surface area (Å²) in [6.45, 7) is 6.31. The van der Waals surface area contributed by atoms with Crippen molar-refractivity contribution in [1.29, 1.82) is 0 Å². The van der Waals surface area contributed by atoms with E-state index in [0.717, 1.165) is 54.8 Å². The predicted octanol–water partition coefficient (Wildman–Crippen LogP) is 1.74. The van der Waals surface area contributed by atoms with Crippen molar-refractivity contribution in [2.45, 2.75) is 31.8 Å². The van der Waals surface area contributed by atoms with Crippen molar-refractivity contribution in [3.63, 3.8) is 0 Å². The Bertz CT molecular complexity index is 1250. The number of aromatic amines is 1.